The fraction of sp³-hybridized carbons (Fsp3) is 0.200. The van der Waals surface area contributed by atoms with Crippen LogP contribution in [0, 0.1) is 20.8 Å². The second-order valence-corrected chi connectivity index (χ2v) is 11.0. The fourth-order valence-corrected chi connectivity index (χ4v) is 5.78. The van der Waals surface area contributed by atoms with Gasteiger partial charge in [-0.1, -0.05) is 35.9 Å². The first-order valence-electron chi connectivity index (χ1n) is 12.5. The lowest BCUT2D eigenvalue weighted by Gasteiger charge is -2.25. The number of aromatic nitrogens is 1. The van der Waals surface area contributed by atoms with E-state index in [9.17, 15) is 13.2 Å². The normalized spacial score (nSPS) is 11.4. The Balaban J connectivity index is 1.62. The molecule has 3 aromatic carbocycles. The number of methoxy groups -OCH3 is 2. The van der Waals surface area contributed by atoms with Gasteiger partial charge in [0, 0.05) is 28.7 Å². The number of hydrogen-bond acceptors (Lipinski definition) is 6. The molecular weight excluding hydrogens is 528 g/mol. The van der Waals surface area contributed by atoms with E-state index in [1.807, 2.05) is 57.2 Å². The molecule has 1 amide bonds. The lowest BCUT2D eigenvalue weighted by Crippen LogP contribution is -2.39. The lowest BCUT2D eigenvalue weighted by atomic mass is 10.2. The number of anilines is 1. The van der Waals surface area contributed by atoms with Crippen molar-refractivity contribution >= 4 is 27.8 Å². The molecule has 0 saturated heterocycles. The van der Waals surface area contributed by atoms with Gasteiger partial charge in [-0.25, -0.2) is 13.8 Å². The Labute approximate surface area is 234 Å². The van der Waals surface area contributed by atoms with Gasteiger partial charge in [-0.3, -0.25) is 9.10 Å². The summed E-state index contributed by atoms with van der Waals surface area (Å²) in [7, 11) is -1.26. The van der Waals surface area contributed by atoms with Crippen LogP contribution < -0.4 is 19.2 Å². The summed E-state index contributed by atoms with van der Waals surface area (Å²) in [4.78, 5) is 13.1. The molecule has 10 heteroatoms. The van der Waals surface area contributed by atoms with Crippen molar-refractivity contribution in [3.8, 4) is 17.2 Å². The molecular formula is C30H32N4O5S. The van der Waals surface area contributed by atoms with Crippen LogP contribution >= 0.6 is 0 Å². The Morgan fingerprint density at radius 2 is 1.65 bits per heavy atom. The molecule has 0 fully saturated rings. The van der Waals surface area contributed by atoms with E-state index in [1.165, 1.54) is 32.4 Å². The summed E-state index contributed by atoms with van der Waals surface area (Å²) in [6, 6.07) is 23.0. The zero-order valence-corrected chi connectivity index (χ0v) is 23.9. The number of nitrogens with zero attached hydrogens (tertiary/aromatic N) is 3. The van der Waals surface area contributed by atoms with Crippen LogP contribution in [-0.4, -0.2) is 45.9 Å². The van der Waals surface area contributed by atoms with Gasteiger partial charge in [-0.15, -0.1) is 0 Å². The number of hydrazone groups is 1. The third kappa shape index (κ3) is 6.02. The van der Waals surface area contributed by atoms with Crippen molar-refractivity contribution in [2.45, 2.75) is 25.7 Å². The van der Waals surface area contributed by atoms with Gasteiger partial charge in [0.2, 0.25) is 0 Å². The molecule has 1 aromatic heterocycles. The highest BCUT2D eigenvalue weighted by Crippen LogP contribution is 2.35. The van der Waals surface area contributed by atoms with Gasteiger partial charge >= 0.3 is 0 Å². The number of carbonyl (C=O) groups is 1. The molecule has 9 nitrogen and oxygen atoms in total. The fourth-order valence-electron chi connectivity index (χ4n) is 4.36. The molecule has 0 atom stereocenters. The van der Waals surface area contributed by atoms with E-state index in [0.717, 1.165) is 32.5 Å². The van der Waals surface area contributed by atoms with E-state index in [4.69, 9.17) is 9.47 Å². The van der Waals surface area contributed by atoms with E-state index in [1.54, 1.807) is 30.5 Å². The van der Waals surface area contributed by atoms with Crippen LogP contribution in [0.4, 0.5) is 5.69 Å². The summed E-state index contributed by atoms with van der Waals surface area (Å²) in [6.45, 7) is 5.28. The minimum Gasteiger partial charge on any atom is -0.497 e. The number of rotatable bonds is 10. The Bertz CT molecular complexity index is 1630. The summed E-state index contributed by atoms with van der Waals surface area (Å²) in [6.07, 6.45) is 1.55. The molecule has 0 unspecified atom stereocenters. The van der Waals surface area contributed by atoms with Gasteiger partial charge in [-0.05, 0) is 63.2 Å². The van der Waals surface area contributed by atoms with Gasteiger partial charge in [0.1, 0.15) is 18.0 Å². The maximum absolute atomic E-state index is 13.8. The molecule has 4 aromatic rings. The third-order valence-electron chi connectivity index (χ3n) is 6.43. The Morgan fingerprint density at radius 1 is 0.950 bits per heavy atom. The van der Waals surface area contributed by atoms with Crippen molar-refractivity contribution in [3.05, 3.63) is 101 Å². The standard InChI is InChI=1S/C30H32N4O5S/c1-21-11-14-27(15-12-21)40(36,37)33(28-18-26(38-4)13-16-29(28)39-5)20-30(35)32-31-19-24-17-22(2)34(23(24)3)25-9-7-6-8-10-25/h6-19H,20H2,1-5H3,(H,32,35)/b31-19-. The molecule has 208 valence electrons. The topological polar surface area (TPSA) is 102 Å². The zero-order chi connectivity index (χ0) is 28.9. The van der Waals surface area contributed by atoms with Crippen molar-refractivity contribution in [2.24, 2.45) is 5.10 Å². The van der Waals surface area contributed by atoms with Crippen LogP contribution in [0.15, 0.2) is 88.9 Å². The summed E-state index contributed by atoms with van der Waals surface area (Å²) >= 11 is 0. The van der Waals surface area contributed by atoms with Crippen LogP contribution in [0.2, 0.25) is 0 Å². The molecule has 0 radical (unpaired) electrons. The molecule has 40 heavy (non-hydrogen) atoms. The molecule has 0 aliphatic carbocycles. The number of benzene rings is 3. The third-order valence-corrected chi connectivity index (χ3v) is 8.20. The highest BCUT2D eigenvalue weighted by atomic mass is 32.2. The molecule has 4 rings (SSSR count). The summed E-state index contributed by atoms with van der Waals surface area (Å²) in [5.41, 5.74) is 7.33. The predicted octanol–water partition coefficient (Wildman–Crippen LogP) is 4.77. The predicted molar refractivity (Wildman–Crippen MR) is 156 cm³/mol. The number of sulfonamides is 1. The Morgan fingerprint density at radius 3 is 2.30 bits per heavy atom. The quantitative estimate of drug-likeness (QED) is 0.223. The largest absolute Gasteiger partial charge is 0.497 e. The second-order valence-electron chi connectivity index (χ2n) is 9.15. The van der Waals surface area contributed by atoms with E-state index in [0.29, 0.717) is 5.75 Å². The van der Waals surface area contributed by atoms with E-state index in [-0.39, 0.29) is 16.3 Å². The Hall–Kier alpha value is -4.57. The SMILES string of the molecule is COc1ccc(OC)c(N(CC(=O)N/N=C\c2cc(C)n(-c3ccccc3)c2C)S(=O)(=O)c2ccc(C)cc2)c1. The smallest absolute Gasteiger partial charge is 0.264 e. The number of nitrogens with one attached hydrogen (secondary N) is 1. The first-order chi connectivity index (χ1) is 19.1. The van der Waals surface area contributed by atoms with Crippen LogP contribution in [0.5, 0.6) is 11.5 Å². The first kappa shape index (κ1) is 28.4. The Kier molecular flexibility index (Phi) is 8.59. The molecule has 0 aliphatic heterocycles. The van der Waals surface area contributed by atoms with E-state index >= 15 is 0 Å². The van der Waals surface area contributed by atoms with Gasteiger partial charge < -0.3 is 14.0 Å². The van der Waals surface area contributed by atoms with Crippen molar-refractivity contribution in [2.75, 3.05) is 25.1 Å². The highest BCUT2D eigenvalue weighted by molar-refractivity contribution is 7.92. The van der Waals surface area contributed by atoms with Gasteiger partial charge in [0.05, 0.1) is 31.0 Å². The number of para-hydroxylation sites is 1. The van der Waals surface area contributed by atoms with Crippen LogP contribution in [0.3, 0.4) is 0 Å². The van der Waals surface area contributed by atoms with E-state index in [2.05, 4.69) is 15.1 Å². The second kappa shape index (κ2) is 12.1. The highest BCUT2D eigenvalue weighted by Gasteiger charge is 2.30. The molecule has 0 spiro atoms. The average molecular weight is 561 g/mol. The lowest BCUT2D eigenvalue weighted by molar-refractivity contribution is -0.119. The van der Waals surface area contributed by atoms with Crippen LogP contribution in [0.1, 0.15) is 22.5 Å². The summed E-state index contributed by atoms with van der Waals surface area (Å²) in [5.74, 6) is 0.0434. The van der Waals surface area contributed by atoms with Gasteiger partial charge in [-0.2, -0.15) is 5.10 Å². The van der Waals surface area contributed by atoms with E-state index < -0.39 is 22.5 Å². The maximum Gasteiger partial charge on any atom is 0.264 e. The molecule has 1 heterocycles. The number of aryl methyl sites for hydroxylation is 2. The minimum absolute atomic E-state index is 0.0348. The summed E-state index contributed by atoms with van der Waals surface area (Å²) in [5, 5.41) is 4.12. The maximum atomic E-state index is 13.8. The van der Waals surface area contributed by atoms with Crippen molar-refractivity contribution in [3.63, 3.8) is 0 Å². The average Bonchev–Trinajstić information content (AvgIpc) is 3.24. The van der Waals surface area contributed by atoms with Gasteiger partial charge in [0.25, 0.3) is 15.9 Å². The van der Waals surface area contributed by atoms with Crippen LogP contribution in [-0.2, 0) is 14.8 Å². The summed E-state index contributed by atoms with van der Waals surface area (Å²) < 4.78 is 41.4. The molecule has 0 aliphatic rings. The van der Waals surface area contributed by atoms with Crippen molar-refractivity contribution in [1.29, 1.82) is 0 Å². The minimum atomic E-state index is -4.16. The molecule has 0 saturated carbocycles. The van der Waals surface area contributed by atoms with Crippen molar-refractivity contribution in [1.82, 2.24) is 9.99 Å². The molecule has 1 N–H and O–H groups in total. The zero-order valence-electron chi connectivity index (χ0n) is 23.1. The number of ether oxygens (including phenoxy) is 2. The number of carbonyl (C=O) groups excluding carboxylic acids is 1. The number of hydrogen-bond donors (Lipinski definition) is 1. The molecule has 0 bridgehead atoms. The van der Waals surface area contributed by atoms with Crippen LogP contribution in [0.25, 0.3) is 5.69 Å². The monoisotopic (exact) mass is 560 g/mol. The van der Waals surface area contributed by atoms with Crippen molar-refractivity contribution < 1.29 is 22.7 Å². The van der Waals surface area contributed by atoms with Gasteiger partial charge in [0.15, 0.2) is 0 Å². The first-order valence-corrected chi connectivity index (χ1v) is 14.0. The number of amides is 1.